The molecule has 6 nitrogen and oxygen atoms in total. The molecule has 0 radical (unpaired) electrons. The second kappa shape index (κ2) is 7.92. The van der Waals surface area contributed by atoms with Crippen LogP contribution in [0.1, 0.15) is 5.56 Å². The SMILES string of the molecule is COc1ccc(N(N=O)c2ccc(OCc3cccnc3)cc2)cc1. The molecule has 25 heavy (non-hydrogen) atoms. The summed E-state index contributed by atoms with van der Waals surface area (Å²) in [5.41, 5.74) is 2.29. The predicted octanol–water partition coefficient (Wildman–Crippen LogP) is 4.49. The van der Waals surface area contributed by atoms with Gasteiger partial charge in [0.15, 0.2) is 0 Å². The van der Waals surface area contributed by atoms with Crippen molar-refractivity contribution in [1.29, 1.82) is 0 Å². The van der Waals surface area contributed by atoms with Gasteiger partial charge in [0.1, 0.15) is 18.1 Å². The van der Waals surface area contributed by atoms with Gasteiger partial charge in [-0.1, -0.05) is 6.07 Å². The van der Waals surface area contributed by atoms with E-state index in [0.717, 1.165) is 5.56 Å². The Balaban J connectivity index is 1.70. The van der Waals surface area contributed by atoms with Crippen LogP contribution in [0.2, 0.25) is 0 Å². The maximum absolute atomic E-state index is 11.3. The zero-order valence-corrected chi connectivity index (χ0v) is 13.7. The molecule has 0 saturated carbocycles. The largest absolute Gasteiger partial charge is 0.497 e. The lowest BCUT2D eigenvalue weighted by Crippen LogP contribution is -2.07. The molecule has 0 spiro atoms. The van der Waals surface area contributed by atoms with E-state index in [-0.39, 0.29) is 0 Å². The number of pyridine rings is 1. The number of nitroso groups, excluding NO2 is 1. The van der Waals surface area contributed by atoms with Crippen molar-refractivity contribution in [3.8, 4) is 11.5 Å². The first-order valence-electron chi connectivity index (χ1n) is 7.69. The lowest BCUT2D eigenvalue weighted by atomic mass is 10.2. The Bertz CT molecular complexity index is 806. The van der Waals surface area contributed by atoms with Gasteiger partial charge >= 0.3 is 0 Å². The van der Waals surface area contributed by atoms with Crippen LogP contribution >= 0.6 is 0 Å². The van der Waals surface area contributed by atoms with Crippen molar-refractivity contribution in [1.82, 2.24) is 4.98 Å². The summed E-state index contributed by atoms with van der Waals surface area (Å²) in [6.07, 6.45) is 3.48. The van der Waals surface area contributed by atoms with Crippen LogP contribution in [0.15, 0.2) is 78.3 Å². The van der Waals surface area contributed by atoms with Crippen LogP contribution in [0.5, 0.6) is 11.5 Å². The molecule has 0 aliphatic heterocycles. The van der Waals surface area contributed by atoms with Crippen molar-refractivity contribution < 1.29 is 9.47 Å². The molecular formula is C19H17N3O3. The van der Waals surface area contributed by atoms with E-state index in [1.54, 1.807) is 68.0 Å². The molecule has 0 saturated heterocycles. The zero-order valence-electron chi connectivity index (χ0n) is 13.7. The van der Waals surface area contributed by atoms with E-state index in [9.17, 15) is 4.91 Å². The van der Waals surface area contributed by atoms with Crippen molar-refractivity contribution in [2.75, 3.05) is 12.1 Å². The van der Waals surface area contributed by atoms with E-state index in [4.69, 9.17) is 9.47 Å². The van der Waals surface area contributed by atoms with Gasteiger partial charge in [-0.3, -0.25) is 4.98 Å². The van der Waals surface area contributed by atoms with Gasteiger partial charge in [-0.05, 0) is 54.6 Å². The summed E-state index contributed by atoms with van der Waals surface area (Å²) in [7, 11) is 1.59. The van der Waals surface area contributed by atoms with Gasteiger partial charge in [0, 0.05) is 18.0 Å². The minimum Gasteiger partial charge on any atom is -0.497 e. The van der Waals surface area contributed by atoms with Gasteiger partial charge in [-0.25, -0.2) is 0 Å². The number of aromatic nitrogens is 1. The summed E-state index contributed by atoms with van der Waals surface area (Å²) >= 11 is 0. The first kappa shape index (κ1) is 16.4. The Hall–Kier alpha value is -3.41. The van der Waals surface area contributed by atoms with Crippen molar-refractivity contribution in [3.63, 3.8) is 0 Å². The van der Waals surface area contributed by atoms with Gasteiger partial charge < -0.3 is 9.47 Å². The number of nitrogens with zero attached hydrogens (tertiary/aromatic N) is 3. The number of hydrogen-bond donors (Lipinski definition) is 0. The van der Waals surface area contributed by atoms with Crippen LogP contribution in [-0.4, -0.2) is 12.1 Å². The quantitative estimate of drug-likeness (QED) is 0.470. The molecule has 6 heteroatoms. The van der Waals surface area contributed by atoms with Gasteiger partial charge in [-0.15, -0.1) is 4.91 Å². The predicted molar refractivity (Wildman–Crippen MR) is 95.9 cm³/mol. The average Bonchev–Trinajstić information content (AvgIpc) is 2.69. The fraction of sp³-hybridized carbons (Fsp3) is 0.105. The third-order valence-corrected chi connectivity index (χ3v) is 3.61. The van der Waals surface area contributed by atoms with E-state index >= 15 is 0 Å². The highest BCUT2D eigenvalue weighted by Gasteiger charge is 2.10. The molecule has 1 aromatic heterocycles. The molecule has 3 rings (SSSR count). The number of hydrogen-bond acceptors (Lipinski definition) is 5. The Labute approximate surface area is 145 Å². The molecule has 2 aromatic carbocycles. The summed E-state index contributed by atoms with van der Waals surface area (Å²) < 4.78 is 10.8. The van der Waals surface area contributed by atoms with Crippen molar-refractivity contribution in [2.45, 2.75) is 6.61 Å². The van der Waals surface area contributed by atoms with E-state index in [1.165, 1.54) is 5.01 Å². The molecule has 0 N–H and O–H groups in total. The minimum atomic E-state index is 0.432. The topological polar surface area (TPSA) is 64.0 Å². The number of benzene rings is 2. The average molecular weight is 335 g/mol. The first-order valence-corrected chi connectivity index (χ1v) is 7.69. The maximum Gasteiger partial charge on any atom is 0.119 e. The number of methoxy groups -OCH3 is 1. The molecule has 0 unspecified atom stereocenters. The van der Waals surface area contributed by atoms with Gasteiger partial charge in [0.05, 0.1) is 23.8 Å². The molecule has 0 amide bonds. The van der Waals surface area contributed by atoms with Crippen molar-refractivity contribution in [2.24, 2.45) is 5.29 Å². The highest BCUT2D eigenvalue weighted by Crippen LogP contribution is 2.29. The molecule has 3 aromatic rings. The summed E-state index contributed by atoms with van der Waals surface area (Å²) in [6, 6.07) is 18.1. The van der Waals surface area contributed by atoms with E-state index in [2.05, 4.69) is 10.3 Å². The summed E-state index contributed by atoms with van der Waals surface area (Å²) in [5, 5.41) is 4.41. The second-order valence-corrected chi connectivity index (χ2v) is 5.24. The Morgan fingerprint density at radius 1 is 0.960 bits per heavy atom. The first-order chi connectivity index (χ1) is 12.3. The Morgan fingerprint density at radius 3 is 2.12 bits per heavy atom. The number of anilines is 2. The molecule has 0 atom stereocenters. The third-order valence-electron chi connectivity index (χ3n) is 3.61. The summed E-state index contributed by atoms with van der Waals surface area (Å²) in [6.45, 7) is 0.432. The highest BCUT2D eigenvalue weighted by molar-refractivity contribution is 5.63. The third kappa shape index (κ3) is 4.11. The Kier molecular flexibility index (Phi) is 5.21. The lowest BCUT2D eigenvalue weighted by Gasteiger charge is -2.16. The maximum atomic E-state index is 11.3. The van der Waals surface area contributed by atoms with E-state index < -0.39 is 0 Å². The van der Waals surface area contributed by atoms with Gasteiger partial charge in [0.2, 0.25) is 0 Å². The molecule has 0 aliphatic carbocycles. The van der Waals surface area contributed by atoms with Crippen LogP contribution in [0.4, 0.5) is 11.4 Å². The zero-order chi connectivity index (χ0) is 17.5. The summed E-state index contributed by atoms with van der Waals surface area (Å²) in [4.78, 5) is 15.3. The molecular weight excluding hydrogens is 318 g/mol. The molecule has 0 aliphatic rings. The van der Waals surface area contributed by atoms with Crippen LogP contribution in [0.25, 0.3) is 0 Å². The van der Waals surface area contributed by atoms with Crippen molar-refractivity contribution in [3.05, 3.63) is 83.5 Å². The fourth-order valence-corrected chi connectivity index (χ4v) is 2.30. The standard InChI is InChI=1S/C19H17N3O3/c1-24-18-8-4-16(5-9-18)22(21-23)17-6-10-19(11-7-17)25-14-15-3-2-12-20-13-15/h2-13H,14H2,1H3. The van der Waals surface area contributed by atoms with E-state index in [1.807, 2.05) is 12.1 Å². The number of rotatable bonds is 7. The van der Waals surface area contributed by atoms with Gasteiger partial charge in [0.25, 0.3) is 0 Å². The molecule has 0 bridgehead atoms. The summed E-state index contributed by atoms with van der Waals surface area (Å²) in [5.74, 6) is 1.42. The van der Waals surface area contributed by atoms with Gasteiger partial charge in [-0.2, -0.15) is 5.01 Å². The van der Waals surface area contributed by atoms with Crippen LogP contribution in [0, 0.1) is 4.91 Å². The van der Waals surface area contributed by atoms with E-state index in [0.29, 0.717) is 29.5 Å². The van der Waals surface area contributed by atoms with Crippen molar-refractivity contribution >= 4 is 11.4 Å². The van der Waals surface area contributed by atoms with Crippen LogP contribution in [0.3, 0.4) is 0 Å². The monoisotopic (exact) mass is 335 g/mol. The normalized spacial score (nSPS) is 10.1. The molecule has 1 heterocycles. The molecule has 126 valence electrons. The highest BCUT2D eigenvalue weighted by atomic mass is 16.5. The van der Waals surface area contributed by atoms with Crippen LogP contribution in [-0.2, 0) is 6.61 Å². The van der Waals surface area contributed by atoms with Crippen LogP contribution < -0.4 is 14.5 Å². The minimum absolute atomic E-state index is 0.432. The fourth-order valence-electron chi connectivity index (χ4n) is 2.30. The second-order valence-electron chi connectivity index (χ2n) is 5.24. The lowest BCUT2D eigenvalue weighted by molar-refractivity contribution is 0.306. The smallest absolute Gasteiger partial charge is 0.119 e. The Morgan fingerprint density at radius 2 is 1.60 bits per heavy atom. The number of ether oxygens (including phenoxy) is 2. The molecule has 0 fully saturated rings.